The fraction of sp³-hybridized carbons (Fsp3) is 0.273. The number of nitrogens with zero attached hydrogens (tertiary/aromatic N) is 1. The van der Waals surface area contributed by atoms with Crippen LogP contribution in [0.4, 0.5) is 0 Å². The van der Waals surface area contributed by atoms with Crippen molar-refractivity contribution in [2.45, 2.75) is 6.10 Å². The molecule has 1 rings (SSSR count). The number of hydrogen-bond acceptors (Lipinski definition) is 5. The first-order valence-corrected chi connectivity index (χ1v) is 5.16. The van der Waals surface area contributed by atoms with Crippen LogP contribution in [0.25, 0.3) is 0 Å². The predicted molar refractivity (Wildman–Crippen MR) is 60.1 cm³/mol. The first-order valence-electron chi connectivity index (χ1n) is 5.16. The Hall–Kier alpha value is -2.28. The molecule has 1 aliphatic heterocycles. The summed E-state index contributed by atoms with van der Waals surface area (Å²) in [5.74, 6) is -1.53. The standard InChI is InChI=1S/C11H12N2O5/c14-5-1-2-9(16)12-6-8(15)7-13-10(17)3-4-11(13)18/h1-5,8,15H,6-7H2,(H,12,16)/b2-1-. The molecule has 7 heteroatoms. The average molecular weight is 252 g/mol. The van der Waals surface area contributed by atoms with E-state index in [2.05, 4.69) is 5.32 Å². The molecule has 0 saturated heterocycles. The highest BCUT2D eigenvalue weighted by Gasteiger charge is 2.25. The van der Waals surface area contributed by atoms with Crippen LogP contribution < -0.4 is 5.32 Å². The zero-order valence-electron chi connectivity index (χ0n) is 9.41. The molecule has 1 atom stereocenters. The van der Waals surface area contributed by atoms with Gasteiger partial charge in [-0.05, 0) is 6.08 Å². The predicted octanol–water partition coefficient (Wildman–Crippen LogP) is -1.86. The second kappa shape index (κ2) is 6.45. The largest absolute Gasteiger partial charge is 0.389 e. The minimum absolute atomic E-state index is 0.126. The number of carbonyl (C=O) groups is 4. The molecule has 18 heavy (non-hydrogen) atoms. The summed E-state index contributed by atoms with van der Waals surface area (Å²) in [5.41, 5.74) is 0. The molecule has 3 amide bonds. The van der Waals surface area contributed by atoms with E-state index in [1.807, 2.05) is 0 Å². The van der Waals surface area contributed by atoms with Crippen LogP contribution in [0.15, 0.2) is 24.3 Å². The quantitative estimate of drug-likeness (QED) is 0.328. The van der Waals surface area contributed by atoms with Crippen LogP contribution in [0.5, 0.6) is 0 Å². The summed E-state index contributed by atoms with van der Waals surface area (Å²) >= 11 is 0. The lowest BCUT2D eigenvalue weighted by Crippen LogP contribution is -2.42. The molecule has 96 valence electrons. The lowest BCUT2D eigenvalue weighted by Gasteiger charge is -2.18. The summed E-state index contributed by atoms with van der Waals surface area (Å²) in [6, 6.07) is 0. The first-order chi connectivity index (χ1) is 8.54. The molecule has 0 radical (unpaired) electrons. The highest BCUT2D eigenvalue weighted by Crippen LogP contribution is 2.04. The maximum atomic E-state index is 11.2. The van der Waals surface area contributed by atoms with Gasteiger partial charge in [-0.3, -0.25) is 24.1 Å². The molecule has 0 aromatic rings. The van der Waals surface area contributed by atoms with Gasteiger partial charge in [-0.2, -0.15) is 0 Å². The van der Waals surface area contributed by atoms with E-state index < -0.39 is 23.8 Å². The van der Waals surface area contributed by atoms with Gasteiger partial charge in [-0.1, -0.05) is 0 Å². The highest BCUT2D eigenvalue weighted by molar-refractivity contribution is 6.12. The SMILES string of the molecule is O=C/C=C\C(=O)NCC(O)CN1C(=O)C=CC1=O. The number of aliphatic hydroxyl groups excluding tert-OH is 1. The minimum atomic E-state index is -1.06. The number of carbonyl (C=O) groups excluding carboxylic acids is 4. The van der Waals surface area contributed by atoms with Gasteiger partial charge in [0, 0.05) is 24.8 Å². The van der Waals surface area contributed by atoms with E-state index in [1.165, 1.54) is 0 Å². The van der Waals surface area contributed by atoms with Crippen LogP contribution in [0.2, 0.25) is 0 Å². The molecule has 7 nitrogen and oxygen atoms in total. The number of hydrogen-bond donors (Lipinski definition) is 2. The number of nitrogens with one attached hydrogen (secondary N) is 1. The number of amides is 3. The molecule has 0 aromatic heterocycles. The summed E-state index contributed by atoms with van der Waals surface area (Å²) in [6.45, 7) is -0.318. The van der Waals surface area contributed by atoms with Crippen molar-refractivity contribution in [2.75, 3.05) is 13.1 Å². The molecule has 0 aliphatic carbocycles. The Balaban J connectivity index is 2.34. The summed E-state index contributed by atoms with van der Waals surface area (Å²) in [6.07, 6.45) is 3.63. The average Bonchev–Trinajstić information content (AvgIpc) is 2.65. The molecule has 0 saturated carbocycles. The van der Waals surface area contributed by atoms with Gasteiger partial charge >= 0.3 is 0 Å². The number of imide groups is 1. The monoisotopic (exact) mass is 252 g/mol. The van der Waals surface area contributed by atoms with E-state index in [9.17, 15) is 24.3 Å². The summed E-state index contributed by atoms with van der Waals surface area (Å²) in [7, 11) is 0. The van der Waals surface area contributed by atoms with Crippen LogP contribution >= 0.6 is 0 Å². The Bertz CT molecular complexity index is 409. The van der Waals surface area contributed by atoms with E-state index in [4.69, 9.17) is 0 Å². The fourth-order valence-electron chi connectivity index (χ4n) is 1.29. The Morgan fingerprint density at radius 2 is 2.00 bits per heavy atom. The zero-order valence-corrected chi connectivity index (χ0v) is 9.41. The van der Waals surface area contributed by atoms with E-state index in [0.29, 0.717) is 6.29 Å². The molecule has 1 aliphatic rings. The molecule has 1 unspecified atom stereocenters. The van der Waals surface area contributed by atoms with Crippen molar-refractivity contribution in [3.05, 3.63) is 24.3 Å². The zero-order chi connectivity index (χ0) is 13.5. The van der Waals surface area contributed by atoms with E-state index in [1.54, 1.807) is 0 Å². The fourth-order valence-corrected chi connectivity index (χ4v) is 1.29. The number of rotatable bonds is 6. The van der Waals surface area contributed by atoms with Crippen LogP contribution in [-0.4, -0.2) is 53.2 Å². The number of β-amino-alcohol motifs (C(OH)–C–C–N with tert-alkyl or cyclic N) is 1. The van der Waals surface area contributed by atoms with Gasteiger partial charge in [0.25, 0.3) is 11.8 Å². The number of aliphatic hydroxyl groups is 1. The van der Waals surface area contributed by atoms with Crippen molar-refractivity contribution in [1.29, 1.82) is 0 Å². The molecular weight excluding hydrogens is 240 g/mol. The van der Waals surface area contributed by atoms with Gasteiger partial charge in [0.1, 0.15) is 6.29 Å². The normalized spacial score (nSPS) is 16.4. The molecule has 1 heterocycles. The van der Waals surface area contributed by atoms with Gasteiger partial charge in [0.2, 0.25) is 5.91 Å². The summed E-state index contributed by atoms with van der Waals surface area (Å²) in [5, 5.41) is 11.9. The Labute approximate surface area is 103 Å². The summed E-state index contributed by atoms with van der Waals surface area (Å²) in [4.78, 5) is 44.2. The Morgan fingerprint density at radius 3 is 2.56 bits per heavy atom. The Morgan fingerprint density at radius 1 is 1.39 bits per heavy atom. The van der Waals surface area contributed by atoms with Crippen LogP contribution in [0.1, 0.15) is 0 Å². The van der Waals surface area contributed by atoms with Crippen molar-refractivity contribution < 1.29 is 24.3 Å². The van der Waals surface area contributed by atoms with Crippen molar-refractivity contribution in [3.8, 4) is 0 Å². The maximum Gasteiger partial charge on any atom is 0.253 e. The topological polar surface area (TPSA) is 104 Å². The van der Waals surface area contributed by atoms with Gasteiger partial charge in [0.05, 0.1) is 12.6 Å². The molecule has 2 N–H and O–H groups in total. The van der Waals surface area contributed by atoms with Gasteiger partial charge in [-0.15, -0.1) is 0 Å². The third kappa shape index (κ3) is 3.95. The molecule has 0 bridgehead atoms. The van der Waals surface area contributed by atoms with Crippen molar-refractivity contribution in [2.24, 2.45) is 0 Å². The lowest BCUT2D eigenvalue weighted by atomic mass is 10.3. The second-order valence-corrected chi connectivity index (χ2v) is 3.51. The maximum absolute atomic E-state index is 11.2. The third-order valence-electron chi connectivity index (χ3n) is 2.13. The van der Waals surface area contributed by atoms with E-state index in [-0.39, 0.29) is 13.1 Å². The molecule has 0 spiro atoms. The number of aldehydes is 1. The molecule has 0 aromatic carbocycles. The lowest BCUT2D eigenvalue weighted by molar-refractivity contribution is -0.138. The molecule has 0 fully saturated rings. The third-order valence-corrected chi connectivity index (χ3v) is 2.13. The summed E-state index contributed by atoms with van der Waals surface area (Å²) < 4.78 is 0. The first kappa shape index (κ1) is 13.8. The van der Waals surface area contributed by atoms with Crippen LogP contribution in [0.3, 0.4) is 0 Å². The van der Waals surface area contributed by atoms with Crippen LogP contribution in [-0.2, 0) is 19.2 Å². The Kier molecular flexibility index (Phi) is 4.94. The smallest absolute Gasteiger partial charge is 0.253 e. The van der Waals surface area contributed by atoms with Crippen molar-refractivity contribution >= 4 is 24.0 Å². The van der Waals surface area contributed by atoms with Gasteiger partial charge < -0.3 is 10.4 Å². The van der Waals surface area contributed by atoms with Gasteiger partial charge in [0.15, 0.2) is 0 Å². The number of allylic oxidation sites excluding steroid dienone is 1. The van der Waals surface area contributed by atoms with Gasteiger partial charge in [-0.25, -0.2) is 0 Å². The second-order valence-electron chi connectivity index (χ2n) is 3.51. The minimum Gasteiger partial charge on any atom is -0.389 e. The highest BCUT2D eigenvalue weighted by atomic mass is 16.3. The molecular formula is C11H12N2O5. The van der Waals surface area contributed by atoms with Crippen molar-refractivity contribution in [1.82, 2.24) is 10.2 Å². The van der Waals surface area contributed by atoms with Crippen molar-refractivity contribution in [3.63, 3.8) is 0 Å². The van der Waals surface area contributed by atoms with E-state index >= 15 is 0 Å². The van der Waals surface area contributed by atoms with Crippen LogP contribution in [0, 0.1) is 0 Å². The van der Waals surface area contributed by atoms with E-state index in [0.717, 1.165) is 29.2 Å².